The molecule has 0 N–H and O–H groups in total. The fourth-order valence-corrected chi connectivity index (χ4v) is 1.96. The summed E-state index contributed by atoms with van der Waals surface area (Å²) < 4.78 is 16.4. The highest BCUT2D eigenvalue weighted by atomic mass is 16.5. The molecule has 0 aliphatic carbocycles. The molecule has 0 saturated heterocycles. The summed E-state index contributed by atoms with van der Waals surface area (Å²) in [6.07, 6.45) is 1.58. The van der Waals surface area contributed by atoms with E-state index in [0.717, 1.165) is 12.3 Å². The number of benzene rings is 1. The van der Waals surface area contributed by atoms with E-state index in [4.69, 9.17) is 13.6 Å². The molecule has 0 aliphatic heterocycles. The van der Waals surface area contributed by atoms with Crippen LogP contribution < -0.4 is 4.74 Å². The molecule has 22 heavy (non-hydrogen) atoms. The van der Waals surface area contributed by atoms with Gasteiger partial charge in [-0.2, -0.15) is 0 Å². The van der Waals surface area contributed by atoms with Gasteiger partial charge >= 0.3 is 0 Å². The summed E-state index contributed by atoms with van der Waals surface area (Å²) in [4.78, 5) is 2.06. The van der Waals surface area contributed by atoms with Crippen LogP contribution >= 0.6 is 0 Å². The highest BCUT2D eigenvalue weighted by molar-refractivity contribution is 5.42. The van der Waals surface area contributed by atoms with E-state index in [1.54, 1.807) is 18.4 Å². The highest BCUT2D eigenvalue weighted by Gasteiger charge is 2.12. The Morgan fingerprint density at radius 2 is 1.95 bits per heavy atom. The monoisotopic (exact) mass is 299 g/mol. The molecule has 1 aromatic carbocycles. The predicted octanol–water partition coefficient (Wildman–Crippen LogP) is 2.84. The lowest BCUT2D eigenvalue weighted by molar-refractivity contribution is 0.220. The molecule has 0 aliphatic rings. The number of likely N-dealkylation sites (N-methyl/N-ethyl adjacent to an activating group) is 1. The van der Waals surface area contributed by atoms with E-state index >= 15 is 0 Å². The molecule has 0 saturated carbocycles. The zero-order valence-corrected chi connectivity index (χ0v) is 12.3. The Balaban J connectivity index is 1.46. The molecule has 0 spiro atoms. The van der Waals surface area contributed by atoms with Crippen molar-refractivity contribution in [2.45, 2.75) is 6.54 Å². The molecule has 0 atom stereocenters. The first-order chi connectivity index (χ1) is 10.8. The zero-order chi connectivity index (χ0) is 15.2. The van der Waals surface area contributed by atoms with Crippen molar-refractivity contribution < 1.29 is 13.6 Å². The molecule has 0 unspecified atom stereocenters. The van der Waals surface area contributed by atoms with Crippen LogP contribution in [-0.2, 0) is 6.54 Å². The van der Waals surface area contributed by atoms with Gasteiger partial charge in [-0.25, -0.2) is 0 Å². The molecular formula is C16H17N3O3. The van der Waals surface area contributed by atoms with Crippen molar-refractivity contribution >= 4 is 0 Å². The fourth-order valence-electron chi connectivity index (χ4n) is 1.96. The molecule has 114 valence electrons. The zero-order valence-electron chi connectivity index (χ0n) is 12.3. The van der Waals surface area contributed by atoms with E-state index in [2.05, 4.69) is 15.1 Å². The Kier molecular flexibility index (Phi) is 4.50. The van der Waals surface area contributed by atoms with Crippen LogP contribution in [0.4, 0.5) is 0 Å². The fraction of sp³-hybridized carbons (Fsp3) is 0.250. The van der Waals surface area contributed by atoms with Crippen LogP contribution in [0.1, 0.15) is 5.89 Å². The average Bonchev–Trinajstić information content (AvgIpc) is 3.19. The summed E-state index contributed by atoms with van der Waals surface area (Å²) in [5, 5.41) is 7.99. The van der Waals surface area contributed by atoms with E-state index in [1.165, 1.54) is 0 Å². The Hall–Kier alpha value is -2.60. The van der Waals surface area contributed by atoms with Gasteiger partial charge in [-0.15, -0.1) is 10.2 Å². The summed E-state index contributed by atoms with van der Waals surface area (Å²) in [5.74, 6) is 2.39. The summed E-state index contributed by atoms with van der Waals surface area (Å²) in [6.45, 7) is 1.92. The summed E-state index contributed by atoms with van der Waals surface area (Å²) in [7, 11) is 1.98. The van der Waals surface area contributed by atoms with E-state index in [-0.39, 0.29) is 0 Å². The molecule has 0 fully saturated rings. The molecule has 2 aromatic heterocycles. The molecule has 6 nitrogen and oxygen atoms in total. The van der Waals surface area contributed by atoms with Crippen LogP contribution in [0.5, 0.6) is 5.75 Å². The maximum absolute atomic E-state index is 5.66. The molecule has 0 radical (unpaired) electrons. The van der Waals surface area contributed by atoms with Crippen molar-refractivity contribution in [1.29, 1.82) is 0 Å². The SMILES string of the molecule is CN(CCOc1ccccc1)Cc1nnc(-c2ccco2)o1. The van der Waals surface area contributed by atoms with Crippen molar-refractivity contribution in [3.05, 3.63) is 54.6 Å². The Labute approximate surface area is 128 Å². The van der Waals surface area contributed by atoms with Gasteiger partial charge in [0.05, 0.1) is 12.8 Å². The third kappa shape index (κ3) is 3.73. The van der Waals surface area contributed by atoms with Crippen LogP contribution in [0.2, 0.25) is 0 Å². The molecular weight excluding hydrogens is 282 g/mol. The minimum absolute atomic E-state index is 0.397. The first-order valence-electron chi connectivity index (χ1n) is 7.04. The van der Waals surface area contributed by atoms with Crippen molar-refractivity contribution in [3.63, 3.8) is 0 Å². The minimum Gasteiger partial charge on any atom is -0.492 e. The molecule has 3 aromatic rings. The Morgan fingerprint density at radius 3 is 2.73 bits per heavy atom. The lowest BCUT2D eigenvalue weighted by atomic mass is 10.3. The van der Waals surface area contributed by atoms with Gasteiger partial charge in [-0.05, 0) is 31.3 Å². The van der Waals surface area contributed by atoms with Gasteiger partial charge in [-0.1, -0.05) is 18.2 Å². The van der Waals surface area contributed by atoms with E-state index in [0.29, 0.717) is 30.7 Å². The number of para-hydroxylation sites is 1. The van der Waals surface area contributed by atoms with E-state index in [9.17, 15) is 0 Å². The molecule has 6 heteroatoms. The normalized spacial score (nSPS) is 11.0. The van der Waals surface area contributed by atoms with Crippen LogP contribution in [0.25, 0.3) is 11.7 Å². The van der Waals surface area contributed by atoms with Crippen molar-refractivity contribution in [2.75, 3.05) is 20.2 Å². The van der Waals surface area contributed by atoms with Crippen molar-refractivity contribution in [2.24, 2.45) is 0 Å². The number of aromatic nitrogens is 2. The molecule has 2 heterocycles. The molecule has 0 bridgehead atoms. The van der Waals surface area contributed by atoms with Gasteiger partial charge in [0.1, 0.15) is 12.4 Å². The van der Waals surface area contributed by atoms with Gasteiger partial charge < -0.3 is 13.6 Å². The number of ether oxygens (including phenoxy) is 1. The third-order valence-corrected chi connectivity index (χ3v) is 3.09. The lowest BCUT2D eigenvalue weighted by Gasteiger charge is -2.14. The number of rotatable bonds is 7. The first kappa shape index (κ1) is 14.3. The maximum atomic E-state index is 5.66. The number of furan rings is 1. The summed E-state index contributed by atoms with van der Waals surface area (Å²) in [6, 6.07) is 13.3. The van der Waals surface area contributed by atoms with Gasteiger partial charge in [-0.3, -0.25) is 4.90 Å². The summed E-state index contributed by atoms with van der Waals surface area (Å²) >= 11 is 0. The minimum atomic E-state index is 0.397. The predicted molar refractivity (Wildman–Crippen MR) is 80.3 cm³/mol. The van der Waals surface area contributed by atoms with Gasteiger partial charge in [0.2, 0.25) is 5.89 Å². The number of nitrogens with zero attached hydrogens (tertiary/aromatic N) is 3. The number of hydrogen-bond acceptors (Lipinski definition) is 6. The highest BCUT2D eigenvalue weighted by Crippen LogP contribution is 2.18. The van der Waals surface area contributed by atoms with Gasteiger partial charge in [0.15, 0.2) is 5.76 Å². The quantitative estimate of drug-likeness (QED) is 0.668. The Morgan fingerprint density at radius 1 is 1.09 bits per heavy atom. The van der Waals surface area contributed by atoms with Crippen LogP contribution in [0.15, 0.2) is 57.6 Å². The van der Waals surface area contributed by atoms with Crippen LogP contribution in [-0.4, -0.2) is 35.3 Å². The van der Waals surface area contributed by atoms with Crippen LogP contribution in [0.3, 0.4) is 0 Å². The largest absolute Gasteiger partial charge is 0.492 e. The molecule has 0 amide bonds. The first-order valence-corrected chi connectivity index (χ1v) is 7.04. The number of hydrogen-bond donors (Lipinski definition) is 0. The lowest BCUT2D eigenvalue weighted by Crippen LogP contribution is -2.24. The third-order valence-electron chi connectivity index (χ3n) is 3.09. The van der Waals surface area contributed by atoms with Crippen LogP contribution in [0, 0.1) is 0 Å². The molecule has 3 rings (SSSR count). The van der Waals surface area contributed by atoms with E-state index in [1.807, 2.05) is 37.4 Å². The van der Waals surface area contributed by atoms with Gasteiger partial charge in [0.25, 0.3) is 5.89 Å². The average molecular weight is 299 g/mol. The maximum Gasteiger partial charge on any atom is 0.283 e. The van der Waals surface area contributed by atoms with E-state index < -0.39 is 0 Å². The van der Waals surface area contributed by atoms with Gasteiger partial charge in [0, 0.05) is 6.54 Å². The second-order valence-electron chi connectivity index (χ2n) is 4.88. The second-order valence-corrected chi connectivity index (χ2v) is 4.88. The van der Waals surface area contributed by atoms with Crippen molar-refractivity contribution in [3.8, 4) is 17.4 Å². The summed E-state index contributed by atoms with van der Waals surface area (Å²) in [5.41, 5.74) is 0. The Bertz CT molecular complexity index is 680. The topological polar surface area (TPSA) is 64.5 Å². The van der Waals surface area contributed by atoms with Crippen molar-refractivity contribution in [1.82, 2.24) is 15.1 Å². The second kappa shape index (κ2) is 6.91. The smallest absolute Gasteiger partial charge is 0.283 e. The standard InChI is InChI=1S/C16H17N3O3/c1-19(9-11-20-13-6-3-2-4-7-13)12-15-17-18-16(22-15)14-8-5-10-21-14/h2-8,10H,9,11-12H2,1H3.